The van der Waals surface area contributed by atoms with Crippen LogP contribution in [0.1, 0.15) is 13.3 Å². The maximum atomic E-state index is 13.8. The molecule has 0 unspecified atom stereocenters. The zero-order valence-corrected chi connectivity index (χ0v) is 11.5. The highest BCUT2D eigenvalue weighted by atomic mass is 19.2. The second-order valence-electron chi connectivity index (χ2n) is 4.14. The summed E-state index contributed by atoms with van der Waals surface area (Å²) < 4.78 is 44.9. The molecule has 1 aromatic carbocycles. The SMILES string of the molecule is CCCNc1nc(OC)nc(-c2cc(F)c(F)cc2F)n1. The van der Waals surface area contributed by atoms with Gasteiger partial charge in [0.2, 0.25) is 5.95 Å². The van der Waals surface area contributed by atoms with Gasteiger partial charge in [-0.25, -0.2) is 13.2 Å². The smallest absolute Gasteiger partial charge is 0.321 e. The van der Waals surface area contributed by atoms with Crippen molar-refractivity contribution < 1.29 is 17.9 Å². The molecule has 0 radical (unpaired) electrons. The molecule has 0 fully saturated rings. The highest BCUT2D eigenvalue weighted by molar-refractivity contribution is 5.57. The van der Waals surface area contributed by atoms with Gasteiger partial charge in [-0.05, 0) is 12.5 Å². The summed E-state index contributed by atoms with van der Waals surface area (Å²) in [5.41, 5.74) is -0.269. The average molecular weight is 298 g/mol. The van der Waals surface area contributed by atoms with E-state index >= 15 is 0 Å². The van der Waals surface area contributed by atoms with Crippen LogP contribution in [0.2, 0.25) is 0 Å². The summed E-state index contributed by atoms with van der Waals surface area (Å²) in [5.74, 6) is -3.40. The molecule has 21 heavy (non-hydrogen) atoms. The Bertz CT molecular complexity index is 652. The molecule has 0 amide bonds. The fraction of sp³-hybridized carbons (Fsp3) is 0.308. The number of halogens is 3. The van der Waals surface area contributed by atoms with Gasteiger partial charge in [-0.2, -0.15) is 15.0 Å². The predicted octanol–water partition coefficient (Wildman–Crippen LogP) is 2.79. The molecular formula is C13H13F3N4O. The molecule has 1 N–H and O–H groups in total. The minimum Gasteiger partial charge on any atom is -0.467 e. The minimum absolute atomic E-state index is 0.0530. The Labute approximate surface area is 119 Å². The van der Waals surface area contributed by atoms with Crippen LogP contribution < -0.4 is 10.1 Å². The summed E-state index contributed by atoms with van der Waals surface area (Å²) >= 11 is 0. The lowest BCUT2D eigenvalue weighted by atomic mass is 10.2. The maximum absolute atomic E-state index is 13.8. The van der Waals surface area contributed by atoms with Gasteiger partial charge in [-0.15, -0.1) is 0 Å². The number of aromatic nitrogens is 3. The molecule has 1 aromatic heterocycles. The fourth-order valence-corrected chi connectivity index (χ4v) is 1.58. The number of ether oxygens (including phenoxy) is 1. The molecule has 2 rings (SSSR count). The Morgan fingerprint density at radius 2 is 1.76 bits per heavy atom. The van der Waals surface area contributed by atoms with Crippen molar-refractivity contribution in [2.24, 2.45) is 0 Å². The molecule has 0 aliphatic heterocycles. The quantitative estimate of drug-likeness (QED) is 0.860. The van der Waals surface area contributed by atoms with E-state index in [0.29, 0.717) is 18.7 Å². The topological polar surface area (TPSA) is 59.9 Å². The number of hydrogen-bond acceptors (Lipinski definition) is 5. The van der Waals surface area contributed by atoms with Crippen LogP contribution in [0.15, 0.2) is 12.1 Å². The number of benzene rings is 1. The zero-order valence-electron chi connectivity index (χ0n) is 11.5. The molecule has 0 saturated heterocycles. The largest absolute Gasteiger partial charge is 0.467 e. The van der Waals surface area contributed by atoms with Crippen molar-refractivity contribution in [2.45, 2.75) is 13.3 Å². The van der Waals surface area contributed by atoms with Gasteiger partial charge in [0, 0.05) is 12.6 Å². The first kappa shape index (κ1) is 15.0. The molecule has 0 bridgehead atoms. The lowest BCUT2D eigenvalue weighted by Crippen LogP contribution is -2.08. The van der Waals surface area contributed by atoms with E-state index in [1.165, 1.54) is 7.11 Å². The lowest BCUT2D eigenvalue weighted by molar-refractivity contribution is 0.379. The normalized spacial score (nSPS) is 10.5. The van der Waals surface area contributed by atoms with Crippen molar-refractivity contribution >= 4 is 5.95 Å². The van der Waals surface area contributed by atoms with Gasteiger partial charge in [0.25, 0.3) is 0 Å². The number of rotatable bonds is 5. The van der Waals surface area contributed by atoms with Crippen molar-refractivity contribution in [1.82, 2.24) is 15.0 Å². The molecule has 8 heteroatoms. The zero-order chi connectivity index (χ0) is 15.4. The van der Waals surface area contributed by atoms with E-state index in [4.69, 9.17) is 4.74 Å². The first-order valence-electron chi connectivity index (χ1n) is 6.24. The third-order valence-corrected chi connectivity index (χ3v) is 2.58. The van der Waals surface area contributed by atoms with Gasteiger partial charge >= 0.3 is 6.01 Å². The minimum atomic E-state index is -1.28. The van der Waals surface area contributed by atoms with E-state index in [0.717, 1.165) is 6.42 Å². The standard InChI is InChI=1S/C13H13F3N4O/c1-3-4-17-12-18-11(19-13(20-12)21-2)7-5-9(15)10(16)6-8(7)14/h5-6H,3-4H2,1-2H3,(H,17,18,19,20). The van der Waals surface area contributed by atoms with Gasteiger partial charge < -0.3 is 10.1 Å². The van der Waals surface area contributed by atoms with E-state index < -0.39 is 17.5 Å². The van der Waals surface area contributed by atoms with Crippen molar-refractivity contribution in [3.05, 3.63) is 29.6 Å². The second kappa shape index (κ2) is 6.38. The van der Waals surface area contributed by atoms with E-state index in [1.807, 2.05) is 6.92 Å². The Balaban J connectivity index is 2.49. The van der Waals surface area contributed by atoms with Crippen LogP contribution in [0.25, 0.3) is 11.4 Å². The molecule has 0 aliphatic rings. The Morgan fingerprint density at radius 3 is 2.43 bits per heavy atom. The molecule has 1 heterocycles. The maximum Gasteiger partial charge on any atom is 0.321 e. The van der Waals surface area contributed by atoms with Gasteiger partial charge in [0.15, 0.2) is 17.5 Å². The van der Waals surface area contributed by atoms with E-state index in [-0.39, 0.29) is 23.3 Å². The Kier molecular flexibility index (Phi) is 4.56. The number of methoxy groups -OCH3 is 1. The predicted molar refractivity (Wildman–Crippen MR) is 70.5 cm³/mol. The van der Waals surface area contributed by atoms with Crippen LogP contribution in [-0.2, 0) is 0 Å². The van der Waals surface area contributed by atoms with Crippen molar-refractivity contribution in [3.63, 3.8) is 0 Å². The summed E-state index contributed by atoms with van der Waals surface area (Å²) in [7, 11) is 1.34. The van der Waals surface area contributed by atoms with E-state index in [2.05, 4.69) is 20.3 Å². The molecule has 5 nitrogen and oxygen atoms in total. The Morgan fingerprint density at radius 1 is 1.05 bits per heavy atom. The highest BCUT2D eigenvalue weighted by Gasteiger charge is 2.16. The highest BCUT2D eigenvalue weighted by Crippen LogP contribution is 2.24. The summed E-state index contributed by atoms with van der Waals surface area (Å²) in [6.45, 7) is 2.54. The molecular weight excluding hydrogens is 285 g/mol. The van der Waals surface area contributed by atoms with Crippen molar-refractivity contribution in [1.29, 1.82) is 0 Å². The third-order valence-electron chi connectivity index (χ3n) is 2.58. The first-order valence-corrected chi connectivity index (χ1v) is 6.24. The van der Waals surface area contributed by atoms with Crippen LogP contribution in [-0.4, -0.2) is 28.6 Å². The third kappa shape index (κ3) is 3.39. The summed E-state index contributed by atoms with van der Waals surface area (Å²) in [4.78, 5) is 11.8. The first-order chi connectivity index (χ1) is 10.0. The van der Waals surface area contributed by atoms with Gasteiger partial charge in [-0.1, -0.05) is 6.92 Å². The summed E-state index contributed by atoms with van der Waals surface area (Å²) in [6, 6.07) is 1.09. The number of anilines is 1. The molecule has 0 saturated carbocycles. The van der Waals surface area contributed by atoms with Crippen LogP contribution >= 0.6 is 0 Å². The Hall–Kier alpha value is -2.38. The fourth-order valence-electron chi connectivity index (χ4n) is 1.58. The van der Waals surface area contributed by atoms with Crippen LogP contribution in [0, 0.1) is 17.5 Å². The van der Waals surface area contributed by atoms with Gasteiger partial charge in [0.05, 0.1) is 12.7 Å². The van der Waals surface area contributed by atoms with Gasteiger partial charge in [0.1, 0.15) is 5.82 Å². The molecule has 2 aromatic rings. The number of hydrogen-bond donors (Lipinski definition) is 1. The van der Waals surface area contributed by atoms with Crippen molar-refractivity contribution in [3.8, 4) is 17.4 Å². The number of nitrogens with one attached hydrogen (secondary N) is 1. The monoisotopic (exact) mass is 298 g/mol. The number of nitrogens with zero attached hydrogens (tertiary/aromatic N) is 3. The molecule has 0 atom stereocenters. The lowest BCUT2D eigenvalue weighted by Gasteiger charge is -2.08. The van der Waals surface area contributed by atoms with E-state index in [9.17, 15) is 13.2 Å². The molecule has 0 spiro atoms. The van der Waals surface area contributed by atoms with Crippen LogP contribution in [0.5, 0.6) is 6.01 Å². The second-order valence-corrected chi connectivity index (χ2v) is 4.14. The van der Waals surface area contributed by atoms with Crippen LogP contribution in [0.4, 0.5) is 19.1 Å². The summed E-state index contributed by atoms with van der Waals surface area (Å²) in [5, 5.41) is 2.89. The van der Waals surface area contributed by atoms with Gasteiger partial charge in [-0.3, -0.25) is 0 Å². The molecule has 112 valence electrons. The molecule has 0 aliphatic carbocycles. The van der Waals surface area contributed by atoms with Crippen molar-refractivity contribution in [2.75, 3.05) is 19.0 Å². The average Bonchev–Trinajstić information content (AvgIpc) is 2.48. The van der Waals surface area contributed by atoms with Crippen LogP contribution in [0.3, 0.4) is 0 Å². The summed E-state index contributed by atoms with van der Waals surface area (Å²) in [6.07, 6.45) is 0.822. The van der Waals surface area contributed by atoms with E-state index in [1.54, 1.807) is 0 Å².